The standard InChI is InChI=1S/C24H32N6O2/c1-18-6-10-22(11-7-18)32-15-14-29(3)24(26-17-23-28-27-19(2)30(23)4)25-16-20-8-12-21(31-5)13-9-20/h6-13H,14-17H2,1-5H3,(H,25,26). The van der Waals surface area contributed by atoms with Gasteiger partial charge in [0.15, 0.2) is 11.8 Å². The van der Waals surface area contributed by atoms with E-state index in [9.17, 15) is 0 Å². The number of methoxy groups -OCH3 is 1. The Balaban J connectivity index is 1.64. The van der Waals surface area contributed by atoms with E-state index in [1.54, 1.807) is 7.11 Å². The second-order valence-corrected chi connectivity index (χ2v) is 7.65. The van der Waals surface area contributed by atoms with E-state index in [-0.39, 0.29) is 0 Å². The van der Waals surface area contributed by atoms with Gasteiger partial charge in [-0.05, 0) is 43.7 Å². The van der Waals surface area contributed by atoms with Gasteiger partial charge in [0.25, 0.3) is 0 Å². The van der Waals surface area contributed by atoms with Gasteiger partial charge in [0.2, 0.25) is 0 Å². The molecule has 0 saturated carbocycles. The van der Waals surface area contributed by atoms with Crippen LogP contribution >= 0.6 is 0 Å². The zero-order chi connectivity index (χ0) is 22.9. The Morgan fingerprint density at radius 3 is 2.34 bits per heavy atom. The Morgan fingerprint density at radius 2 is 1.72 bits per heavy atom. The van der Waals surface area contributed by atoms with E-state index in [1.165, 1.54) is 5.56 Å². The summed E-state index contributed by atoms with van der Waals surface area (Å²) in [5.74, 6) is 4.19. The molecule has 0 spiro atoms. The van der Waals surface area contributed by atoms with E-state index in [2.05, 4.69) is 27.3 Å². The summed E-state index contributed by atoms with van der Waals surface area (Å²) in [6, 6.07) is 16.0. The van der Waals surface area contributed by atoms with Gasteiger partial charge in [-0.15, -0.1) is 10.2 Å². The van der Waals surface area contributed by atoms with Crippen molar-refractivity contribution < 1.29 is 9.47 Å². The summed E-state index contributed by atoms with van der Waals surface area (Å²) in [7, 11) is 5.62. The number of nitrogens with one attached hydrogen (secondary N) is 1. The van der Waals surface area contributed by atoms with Gasteiger partial charge in [0, 0.05) is 14.1 Å². The lowest BCUT2D eigenvalue weighted by molar-refractivity contribution is 0.281. The Morgan fingerprint density at radius 1 is 1.03 bits per heavy atom. The highest BCUT2D eigenvalue weighted by atomic mass is 16.5. The maximum absolute atomic E-state index is 5.89. The van der Waals surface area contributed by atoms with Crippen LogP contribution < -0.4 is 14.8 Å². The van der Waals surface area contributed by atoms with Crippen molar-refractivity contribution in [3.63, 3.8) is 0 Å². The summed E-state index contributed by atoms with van der Waals surface area (Å²) in [5.41, 5.74) is 2.31. The number of aryl methyl sites for hydroxylation is 2. The number of aliphatic imine (C=N–C) groups is 1. The Labute approximate surface area is 189 Å². The van der Waals surface area contributed by atoms with Gasteiger partial charge in [-0.1, -0.05) is 29.8 Å². The SMILES string of the molecule is COc1ccc(CN=C(NCc2nnc(C)n2C)N(C)CCOc2ccc(C)cc2)cc1. The number of hydrogen-bond acceptors (Lipinski definition) is 5. The van der Waals surface area contributed by atoms with Crippen molar-refractivity contribution >= 4 is 5.96 Å². The van der Waals surface area contributed by atoms with Crippen molar-refractivity contribution in [1.29, 1.82) is 0 Å². The largest absolute Gasteiger partial charge is 0.497 e. The molecule has 1 heterocycles. The molecule has 0 aliphatic rings. The van der Waals surface area contributed by atoms with Crippen LogP contribution in [0, 0.1) is 13.8 Å². The van der Waals surface area contributed by atoms with Gasteiger partial charge < -0.3 is 24.3 Å². The minimum Gasteiger partial charge on any atom is -0.497 e. The first kappa shape index (κ1) is 23.1. The zero-order valence-corrected chi connectivity index (χ0v) is 19.5. The fourth-order valence-electron chi connectivity index (χ4n) is 3.01. The molecular formula is C24H32N6O2. The molecule has 1 N–H and O–H groups in total. The number of hydrogen-bond donors (Lipinski definition) is 1. The first-order valence-electron chi connectivity index (χ1n) is 10.6. The number of guanidine groups is 1. The molecule has 0 aliphatic heterocycles. The molecule has 0 bridgehead atoms. The van der Waals surface area contributed by atoms with Gasteiger partial charge in [-0.3, -0.25) is 0 Å². The second kappa shape index (κ2) is 11.2. The van der Waals surface area contributed by atoms with Crippen molar-refractivity contribution in [3.8, 4) is 11.5 Å². The molecule has 0 saturated heterocycles. The van der Waals surface area contributed by atoms with Crippen molar-refractivity contribution in [2.24, 2.45) is 12.0 Å². The quantitative estimate of drug-likeness (QED) is 0.410. The average Bonchev–Trinajstić information content (AvgIpc) is 3.13. The summed E-state index contributed by atoms with van der Waals surface area (Å²) in [6.07, 6.45) is 0. The van der Waals surface area contributed by atoms with E-state index in [0.29, 0.717) is 26.2 Å². The summed E-state index contributed by atoms with van der Waals surface area (Å²) in [6.45, 7) is 6.30. The molecule has 0 radical (unpaired) electrons. The Bertz CT molecular complexity index is 1010. The fraction of sp³-hybridized carbons (Fsp3) is 0.375. The average molecular weight is 437 g/mol. The second-order valence-electron chi connectivity index (χ2n) is 7.65. The number of ether oxygens (including phenoxy) is 2. The van der Waals surface area contributed by atoms with Gasteiger partial charge in [-0.25, -0.2) is 4.99 Å². The number of benzene rings is 2. The molecule has 170 valence electrons. The van der Waals surface area contributed by atoms with E-state index < -0.39 is 0 Å². The molecule has 3 rings (SSSR count). The molecule has 0 unspecified atom stereocenters. The lowest BCUT2D eigenvalue weighted by atomic mass is 10.2. The van der Waals surface area contributed by atoms with E-state index in [0.717, 1.165) is 34.7 Å². The third-order valence-electron chi connectivity index (χ3n) is 5.24. The van der Waals surface area contributed by atoms with Crippen molar-refractivity contribution in [2.75, 3.05) is 27.3 Å². The van der Waals surface area contributed by atoms with Crippen LogP contribution in [0.5, 0.6) is 11.5 Å². The molecule has 8 heteroatoms. The predicted molar refractivity (Wildman–Crippen MR) is 126 cm³/mol. The highest BCUT2D eigenvalue weighted by Gasteiger charge is 2.10. The molecule has 32 heavy (non-hydrogen) atoms. The topological polar surface area (TPSA) is 76.8 Å². The Hall–Kier alpha value is -3.55. The monoisotopic (exact) mass is 436 g/mol. The van der Waals surface area contributed by atoms with E-state index >= 15 is 0 Å². The number of rotatable bonds is 9. The molecule has 8 nitrogen and oxygen atoms in total. The van der Waals surface area contributed by atoms with Gasteiger partial charge in [0.1, 0.15) is 23.9 Å². The smallest absolute Gasteiger partial charge is 0.194 e. The zero-order valence-electron chi connectivity index (χ0n) is 19.5. The number of aromatic nitrogens is 3. The molecular weight excluding hydrogens is 404 g/mol. The van der Waals surface area contributed by atoms with Crippen LogP contribution in [0.4, 0.5) is 0 Å². The lowest BCUT2D eigenvalue weighted by Gasteiger charge is -2.22. The number of nitrogens with zero attached hydrogens (tertiary/aromatic N) is 5. The molecule has 0 atom stereocenters. The first-order chi connectivity index (χ1) is 15.5. The summed E-state index contributed by atoms with van der Waals surface area (Å²) < 4.78 is 13.1. The van der Waals surface area contributed by atoms with Crippen LogP contribution in [0.3, 0.4) is 0 Å². The van der Waals surface area contributed by atoms with Crippen LogP contribution in [0.15, 0.2) is 53.5 Å². The van der Waals surface area contributed by atoms with Gasteiger partial charge in [0.05, 0.1) is 26.7 Å². The van der Waals surface area contributed by atoms with Crippen molar-refractivity contribution in [3.05, 3.63) is 71.3 Å². The van der Waals surface area contributed by atoms with Crippen LogP contribution in [-0.4, -0.2) is 52.9 Å². The summed E-state index contributed by atoms with van der Waals surface area (Å²) in [5, 5.41) is 11.8. The highest BCUT2D eigenvalue weighted by Crippen LogP contribution is 2.13. The molecule has 0 fully saturated rings. The van der Waals surface area contributed by atoms with E-state index in [1.807, 2.05) is 74.1 Å². The lowest BCUT2D eigenvalue weighted by Crippen LogP contribution is -2.41. The van der Waals surface area contributed by atoms with Crippen molar-refractivity contribution in [1.82, 2.24) is 25.0 Å². The van der Waals surface area contributed by atoms with E-state index in [4.69, 9.17) is 14.5 Å². The predicted octanol–water partition coefficient (Wildman–Crippen LogP) is 3.10. The fourth-order valence-corrected chi connectivity index (χ4v) is 3.01. The van der Waals surface area contributed by atoms with Crippen LogP contribution in [0.25, 0.3) is 0 Å². The highest BCUT2D eigenvalue weighted by molar-refractivity contribution is 5.79. The molecule has 2 aromatic carbocycles. The van der Waals surface area contributed by atoms with Gasteiger partial charge in [-0.2, -0.15) is 0 Å². The Kier molecular flexibility index (Phi) is 8.08. The molecule has 3 aromatic rings. The summed E-state index contributed by atoms with van der Waals surface area (Å²) >= 11 is 0. The third kappa shape index (κ3) is 6.47. The van der Waals surface area contributed by atoms with Crippen molar-refractivity contribution in [2.45, 2.75) is 26.9 Å². The third-order valence-corrected chi connectivity index (χ3v) is 5.24. The van der Waals surface area contributed by atoms with Gasteiger partial charge >= 0.3 is 0 Å². The minimum absolute atomic E-state index is 0.530. The molecule has 0 aliphatic carbocycles. The maximum atomic E-state index is 5.89. The van der Waals surface area contributed by atoms with Crippen LogP contribution in [0.1, 0.15) is 22.8 Å². The van der Waals surface area contributed by atoms with Crippen LogP contribution in [0.2, 0.25) is 0 Å². The maximum Gasteiger partial charge on any atom is 0.194 e. The minimum atomic E-state index is 0.530. The normalized spacial score (nSPS) is 11.3. The van der Waals surface area contributed by atoms with Crippen LogP contribution in [-0.2, 0) is 20.1 Å². The number of likely N-dealkylation sites (N-methyl/N-ethyl adjacent to an activating group) is 1. The first-order valence-corrected chi connectivity index (χ1v) is 10.6. The summed E-state index contributed by atoms with van der Waals surface area (Å²) in [4.78, 5) is 6.87. The molecule has 1 aromatic heterocycles. The molecule has 0 amide bonds.